The van der Waals surface area contributed by atoms with E-state index in [2.05, 4.69) is 52.8 Å². The maximum atomic E-state index is 4.77. The van der Waals surface area contributed by atoms with Crippen molar-refractivity contribution in [3.05, 3.63) is 35.9 Å². The summed E-state index contributed by atoms with van der Waals surface area (Å²) in [5, 5.41) is 7.07. The average Bonchev–Trinajstić information content (AvgIpc) is 3.46. The standard InChI is InChI=1S/C21H34N4/c1-2-22-21(23-14-6-9-18-10-11-18)24-20-12-15-25(16-13-20)17-19-7-4-3-5-8-19/h3-5,7-8,18,20H,2,6,9-17H2,1H3,(H2,22,23,24). The molecule has 3 rings (SSSR count). The van der Waals surface area contributed by atoms with Crippen molar-refractivity contribution in [1.82, 2.24) is 15.5 Å². The number of aliphatic imine (C=N–C) groups is 1. The fourth-order valence-electron chi connectivity index (χ4n) is 3.57. The van der Waals surface area contributed by atoms with E-state index >= 15 is 0 Å². The molecule has 1 aromatic rings. The molecule has 0 radical (unpaired) electrons. The lowest BCUT2D eigenvalue weighted by Crippen LogP contribution is -2.48. The van der Waals surface area contributed by atoms with Gasteiger partial charge in [-0.25, -0.2) is 0 Å². The Labute approximate surface area is 153 Å². The van der Waals surface area contributed by atoms with Gasteiger partial charge in [0, 0.05) is 38.8 Å². The smallest absolute Gasteiger partial charge is 0.191 e. The minimum atomic E-state index is 0.549. The first-order chi connectivity index (χ1) is 12.3. The Kier molecular flexibility index (Phi) is 7.16. The van der Waals surface area contributed by atoms with Gasteiger partial charge in [0.1, 0.15) is 0 Å². The van der Waals surface area contributed by atoms with Crippen LogP contribution < -0.4 is 10.6 Å². The van der Waals surface area contributed by atoms with Crippen LogP contribution in [0.3, 0.4) is 0 Å². The van der Waals surface area contributed by atoms with Gasteiger partial charge in [-0.3, -0.25) is 9.89 Å². The molecule has 4 nitrogen and oxygen atoms in total. The number of piperidine rings is 1. The summed E-state index contributed by atoms with van der Waals surface area (Å²) in [5.74, 6) is 2.03. The van der Waals surface area contributed by atoms with Crippen LogP contribution in [0.15, 0.2) is 35.3 Å². The second-order valence-electron chi connectivity index (χ2n) is 7.53. The molecule has 0 unspecified atom stereocenters. The maximum absolute atomic E-state index is 4.77. The van der Waals surface area contributed by atoms with Crippen LogP contribution >= 0.6 is 0 Å². The highest BCUT2D eigenvalue weighted by Gasteiger charge is 2.21. The van der Waals surface area contributed by atoms with Crippen LogP contribution in [-0.2, 0) is 6.54 Å². The molecule has 1 saturated heterocycles. The number of hydrogen-bond acceptors (Lipinski definition) is 2. The summed E-state index contributed by atoms with van der Waals surface area (Å²) in [4.78, 5) is 7.34. The van der Waals surface area contributed by atoms with Crippen molar-refractivity contribution in [2.75, 3.05) is 26.2 Å². The first-order valence-electron chi connectivity index (χ1n) is 10.1. The Hall–Kier alpha value is -1.55. The quantitative estimate of drug-likeness (QED) is 0.432. The van der Waals surface area contributed by atoms with Crippen LogP contribution in [0.5, 0.6) is 0 Å². The van der Waals surface area contributed by atoms with Crippen molar-refractivity contribution in [3.8, 4) is 0 Å². The van der Waals surface area contributed by atoms with Crippen molar-refractivity contribution in [2.24, 2.45) is 10.9 Å². The fourth-order valence-corrected chi connectivity index (χ4v) is 3.57. The Morgan fingerprint density at radius 1 is 1.12 bits per heavy atom. The molecule has 25 heavy (non-hydrogen) atoms. The van der Waals surface area contributed by atoms with Gasteiger partial charge in [-0.1, -0.05) is 43.2 Å². The van der Waals surface area contributed by atoms with E-state index in [0.29, 0.717) is 6.04 Å². The minimum Gasteiger partial charge on any atom is -0.357 e. The van der Waals surface area contributed by atoms with Gasteiger partial charge in [-0.2, -0.15) is 0 Å². The topological polar surface area (TPSA) is 39.7 Å². The first-order valence-corrected chi connectivity index (χ1v) is 10.1. The summed E-state index contributed by atoms with van der Waals surface area (Å²) < 4.78 is 0. The second-order valence-corrected chi connectivity index (χ2v) is 7.53. The van der Waals surface area contributed by atoms with Crippen LogP contribution in [0, 0.1) is 5.92 Å². The van der Waals surface area contributed by atoms with E-state index in [1.807, 2.05) is 0 Å². The number of hydrogen-bond donors (Lipinski definition) is 2. The number of guanidine groups is 1. The molecule has 2 N–H and O–H groups in total. The lowest BCUT2D eigenvalue weighted by atomic mass is 10.0. The Bertz CT molecular complexity index is 516. The second kappa shape index (κ2) is 9.81. The zero-order valence-electron chi connectivity index (χ0n) is 15.7. The van der Waals surface area contributed by atoms with Crippen LogP contribution in [-0.4, -0.2) is 43.1 Å². The van der Waals surface area contributed by atoms with Crippen molar-refractivity contribution < 1.29 is 0 Å². The third-order valence-corrected chi connectivity index (χ3v) is 5.26. The number of benzene rings is 1. The maximum Gasteiger partial charge on any atom is 0.191 e. The monoisotopic (exact) mass is 342 g/mol. The summed E-state index contributed by atoms with van der Waals surface area (Å²) in [7, 11) is 0. The summed E-state index contributed by atoms with van der Waals surface area (Å²) >= 11 is 0. The summed E-state index contributed by atoms with van der Waals surface area (Å²) in [5.41, 5.74) is 1.42. The van der Waals surface area contributed by atoms with E-state index in [-0.39, 0.29) is 0 Å². The third kappa shape index (κ3) is 6.69. The summed E-state index contributed by atoms with van der Waals surface area (Å²) in [6, 6.07) is 11.3. The fraction of sp³-hybridized carbons (Fsp3) is 0.667. The van der Waals surface area contributed by atoms with Gasteiger partial charge >= 0.3 is 0 Å². The molecule has 1 aliphatic carbocycles. The Balaban J connectivity index is 1.38. The van der Waals surface area contributed by atoms with Gasteiger partial charge in [0.25, 0.3) is 0 Å². The van der Waals surface area contributed by atoms with Gasteiger partial charge in [0.2, 0.25) is 0 Å². The molecule has 0 amide bonds. The lowest BCUT2D eigenvalue weighted by Gasteiger charge is -2.33. The highest BCUT2D eigenvalue weighted by atomic mass is 15.2. The zero-order chi connectivity index (χ0) is 17.3. The third-order valence-electron chi connectivity index (χ3n) is 5.26. The molecule has 2 fully saturated rings. The average molecular weight is 343 g/mol. The van der Waals surface area contributed by atoms with Crippen molar-refractivity contribution in [2.45, 2.75) is 58.0 Å². The van der Waals surface area contributed by atoms with Gasteiger partial charge in [0.05, 0.1) is 0 Å². The molecule has 138 valence electrons. The molecule has 1 aromatic carbocycles. The molecular formula is C21H34N4. The van der Waals surface area contributed by atoms with E-state index in [1.54, 1.807) is 0 Å². The largest absolute Gasteiger partial charge is 0.357 e. The SMILES string of the molecule is CCNC(=NCCCC1CC1)NC1CCN(Cc2ccccc2)CC1. The number of likely N-dealkylation sites (tertiary alicyclic amines) is 1. The lowest BCUT2D eigenvalue weighted by molar-refractivity contribution is 0.198. The van der Waals surface area contributed by atoms with E-state index in [9.17, 15) is 0 Å². The molecule has 0 spiro atoms. The number of nitrogens with zero attached hydrogens (tertiary/aromatic N) is 2. The Morgan fingerprint density at radius 2 is 1.88 bits per heavy atom. The van der Waals surface area contributed by atoms with Gasteiger partial charge in [0.15, 0.2) is 5.96 Å². The molecule has 1 saturated carbocycles. The van der Waals surface area contributed by atoms with E-state index in [4.69, 9.17) is 4.99 Å². The van der Waals surface area contributed by atoms with Crippen molar-refractivity contribution in [3.63, 3.8) is 0 Å². The zero-order valence-corrected chi connectivity index (χ0v) is 15.7. The molecular weight excluding hydrogens is 308 g/mol. The van der Waals surface area contributed by atoms with Crippen molar-refractivity contribution in [1.29, 1.82) is 0 Å². The predicted molar refractivity (Wildman–Crippen MR) is 106 cm³/mol. The van der Waals surface area contributed by atoms with Crippen LogP contribution in [0.25, 0.3) is 0 Å². The molecule has 0 bridgehead atoms. The first kappa shape index (κ1) is 18.2. The number of rotatable bonds is 8. The van der Waals surface area contributed by atoms with E-state index in [0.717, 1.165) is 44.6 Å². The molecule has 2 aliphatic rings. The van der Waals surface area contributed by atoms with E-state index in [1.165, 1.54) is 44.1 Å². The van der Waals surface area contributed by atoms with Crippen LogP contribution in [0.4, 0.5) is 0 Å². The van der Waals surface area contributed by atoms with Gasteiger partial charge in [-0.05, 0) is 44.1 Å². The summed E-state index contributed by atoms with van der Waals surface area (Å²) in [6.45, 7) is 7.42. The highest BCUT2D eigenvalue weighted by Crippen LogP contribution is 2.33. The van der Waals surface area contributed by atoms with Crippen LogP contribution in [0.2, 0.25) is 0 Å². The molecule has 0 atom stereocenters. The summed E-state index contributed by atoms with van der Waals surface area (Å²) in [6.07, 6.45) is 7.88. The molecule has 1 aliphatic heterocycles. The van der Waals surface area contributed by atoms with Crippen molar-refractivity contribution >= 4 is 5.96 Å². The predicted octanol–water partition coefficient (Wildman–Crippen LogP) is 3.40. The Morgan fingerprint density at radius 3 is 2.56 bits per heavy atom. The molecule has 1 heterocycles. The molecule has 0 aromatic heterocycles. The minimum absolute atomic E-state index is 0.549. The molecule has 4 heteroatoms. The highest BCUT2D eigenvalue weighted by molar-refractivity contribution is 5.80. The van der Waals surface area contributed by atoms with E-state index < -0.39 is 0 Å². The van der Waals surface area contributed by atoms with Gasteiger partial charge in [-0.15, -0.1) is 0 Å². The van der Waals surface area contributed by atoms with Crippen LogP contribution in [0.1, 0.15) is 51.0 Å². The van der Waals surface area contributed by atoms with Gasteiger partial charge < -0.3 is 10.6 Å². The normalized spacial score (nSPS) is 19.8. The number of nitrogens with one attached hydrogen (secondary N) is 2.